The van der Waals surface area contributed by atoms with Gasteiger partial charge in [0.2, 0.25) is 0 Å². The van der Waals surface area contributed by atoms with Gasteiger partial charge in [-0.05, 0) is 101 Å². The van der Waals surface area contributed by atoms with Gasteiger partial charge in [0.1, 0.15) is 34.5 Å². The molecule has 0 bridgehead atoms. The molecule has 12 aromatic rings. The van der Waals surface area contributed by atoms with Crippen LogP contribution in [0.2, 0.25) is 0 Å². The first-order valence-corrected chi connectivity index (χ1v) is 42.9. The van der Waals surface area contributed by atoms with Crippen molar-refractivity contribution in [1.29, 1.82) is 0 Å². The molecule has 0 aliphatic carbocycles. The summed E-state index contributed by atoms with van der Waals surface area (Å²) >= 11 is 0. The Morgan fingerprint density at radius 2 is 0.466 bits per heavy atom. The molecular formula is C95H101O3P5. The molecule has 3 nitrogen and oxygen atoms in total. The van der Waals surface area contributed by atoms with Crippen molar-refractivity contribution in [3.63, 3.8) is 0 Å². The third kappa shape index (κ3) is 16.2. The molecular weight excluding hydrogens is 1340 g/mol. The Bertz CT molecular complexity index is 4480. The number of aryl methyl sites for hydroxylation is 1. The molecule has 2 aliphatic rings. The minimum absolute atomic E-state index is 0.109. The van der Waals surface area contributed by atoms with Crippen LogP contribution in [0, 0.1) is 6.92 Å². The van der Waals surface area contributed by atoms with E-state index in [0.29, 0.717) is 0 Å². The Morgan fingerprint density at radius 3 is 0.767 bits per heavy atom. The molecule has 12 aromatic carbocycles. The second-order valence-corrected chi connectivity index (χ2v) is 46.0. The highest BCUT2D eigenvalue weighted by Crippen LogP contribution is 2.64. The third-order valence-corrected chi connectivity index (χ3v) is 33.7. The predicted octanol–water partition coefficient (Wildman–Crippen LogP) is 22.7. The standard InChI is InChI=1S/C36H28OP2.C31H48OP2.C28H25OP/c1-5-17-29(18-6-1)38(30-19-7-2-8-20-30)35-27-15-13-25-33(35)37-34-26-14-16-28-36(34)39(31-21-9-3-10-22-31)32-23-11-4-12-24-32;1-27(2,3)33(28(4,5)6)23-19-15-17-21-25(23)32-26-22(31(21,13)14)18-16-20-24(26)34(29(7,8)9)30(10,11)12;1-20-12-10-17-23-26(20)29-27-24(28(23,2)3)18-11-19-25(27)30(21-13-6-4-7-14-21)22-15-8-5-9-16-22/h1-28H;15-20H,1-14H3;4-19H,1-3H3. The van der Waals surface area contributed by atoms with Crippen LogP contribution in [0.4, 0.5) is 0 Å². The second kappa shape index (κ2) is 31.1. The highest BCUT2D eigenvalue weighted by molar-refractivity contribution is 7.81. The summed E-state index contributed by atoms with van der Waals surface area (Å²) in [6.45, 7) is 40.3. The number of rotatable bonds is 13. The zero-order valence-electron chi connectivity index (χ0n) is 63.3. The lowest BCUT2D eigenvalue weighted by atomic mass is 9.75. The van der Waals surface area contributed by atoms with E-state index in [1.165, 1.54) is 86.2 Å². The molecule has 0 saturated carbocycles. The van der Waals surface area contributed by atoms with Gasteiger partial charge in [0, 0.05) is 59.6 Å². The van der Waals surface area contributed by atoms with Crippen LogP contribution in [0.25, 0.3) is 0 Å². The van der Waals surface area contributed by atoms with E-state index in [9.17, 15) is 0 Å². The van der Waals surface area contributed by atoms with E-state index >= 15 is 0 Å². The van der Waals surface area contributed by atoms with Crippen LogP contribution in [0.5, 0.6) is 34.5 Å². The van der Waals surface area contributed by atoms with Crippen molar-refractivity contribution in [2.24, 2.45) is 0 Å². The smallest absolute Gasteiger partial charge is 0.139 e. The molecule has 0 unspecified atom stereocenters. The van der Waals surface area contributed by atoms with Crippen molar-refractivity contribution in [3.8, 4) is 34.5 Å². The SMILES string of the molecule is CC1(C)c2cccc(P(C(C)(C)C)C(C)(C)C)c2Oc2c(P(C(C)(C)C)C(C)(C)C)cccc21.Cc1cccc2c1Oc1c(P(c3ccccc3)c3ccccc3)cccc1C2(C)C.c1ccc(P(c2ccccc2)c2ccccc2Oc2ccccc2P(c2ccccc2)c2ccccc2)cc1. The Hall–Kier alpha value is -7.81. The maximum Gasteiger partial charge on any atom is 0.139 e. The molecule has 14 rings (SSSR count). The topological polar surface area (TPSA) is 27.7 Å². The summed E-state index contributed by atoms with van der Waals surface area (Å²) in [6, 6.07) is 109. The molecule has 0 fully saturated rings. The van der Waals surface area contributed by atoms with Gasteiger partial charge in [-0.1, -0.05) is 418 Å². The van der Waals surface area contributed by atoms with Gasteiger partial charge in [-0.15, -0.1) is 0 Å². The second-order valence-electron chi connectivity index (χ2n) is 31.8. The van der Waals surface area contributed by atoms with Crippen molar-refractivity contribution < 1.29 is 14.2 Å². The molecule has 103 heavy (non-hydrogen) atoms. The Morgan fingerprint density at radius 1 is 0.243 bits per heavy atom. The van der Waals surface area contributed by atoms with Gasteiger partial charge < -0.3 is 14.2 Å². The molecule has 0 radical (unpaired) electrons. The lowest BCUT2D eigenvalue weighted by Gasteiger charge is -2.46. The van der Waals surface area contributed by atoms with Crippen molar-refractivity contribution in [2.75, 3.05) is 0 Å². The average molecular weight is 1450 g/mol. The first-order valence-electron chi connectivity index (χ1n) is 36.2. The number of fused-ring (bicyclic) bond motifs is 4. The van der Waals surface area contributed by atoms with Crippen molar-refractivity contribution in [2.45, 2.75) is 149 Å². The maximum atomic E-state index is 7.15. The van der Waals surface area contributed by atoms with Gasteiger partial charge in [-0.25, -0.2) is 0 Å². The van der Waals surface area contributed by atoms with E-state index in [-0.39, 0.29) is 31.5 Å². The molecule has 0 aromatic heterocycles. The number of ether oxygens (including phenoxy) is 3. The minimum Gasteiger partial charge on any atom is -0.456 e. The highest BCUT2D eigenvalue weighted by Gasteiger charge is 2.46. The normalized spacial score (nSPS) is 13.7. The zero-order chi connectivity index (χ0) is 73.1. The predicted molar refractivity (Wildman–Crippen MR) is 456 cm³/mol. The summed E-state index contributed by atoms with van der Waals surface area (Å²) in [6.07, 6.45) is 0. The molecule has 2 aliphatic heterocycles. The van der Waals surface area contributed by atoms with Crippen molar-refractivity contribution in [3.05, 3.63) is 331 Å². The monoisotopic (exact) mass is 1440 g/mol. The number of hydrogen-bond donors (Lipinski definition) is 0. The van der Waals surface area contributed by atoms with Crippen molar-refractivity contribution >= 4 is 98.0 Å². The van der Waals surface area contributed by atoms with Crippen LogP contribution < -0.4 is 72.6 Å². The van der Waals surface area contributed by atoms with E-state index in [4.69, 9.17) is 14.2 Å². The van der Waals surface area contributed by atoms with Crippen LogP contribution in [0.15, 0.2) is 303 Å². The Kier molecular flexibility index (Phi) is 22.6. The largest absolute Gasteiger partial charge is 0.456 e. The highest BCUT2D eigenvalue weighted by atomic mass is 31.1. The summed E-state index contributed by atoms with van der Waals surface area (Å²) in [5.41, 5.74) is 6.14. The minimum atomic E-state index is -0.795. The third-order valence-electron chi connectivity index (χ3n) is 19.2. The fourth-order valence-corrected chi connectivity index (χ4v) is 30.7. The van der Waals surface area contributed by atoms with E-state index in [2.05, 4.69) is 421 Å². The van der Waals surface area contributed by atoms with Crippen molar-refractivity contribution in [1.82, 2.24) is 0 Å². The fraction of sp³-hybridized carbons (Fsp3) is 0.242. The van der Waals surface area contributed by atoms with E-state index in [1.807, 2.05) is 0 Å². The van der Waals surface area contributed by atoms with E-state index in [0.717, 1.165) is 34.5 Å². The first kappa shape index (κ1) is 74.9. The van der Waals surface area contributed by atoms with Crippen LogP contribution in [-0.4, -0.2) is 20.6 Å². The van der Waals surface area contributed by atoms with Gasteiger partial charge in [-0.2, -0.15) is 0 Å². The quantitative estimate of drug-likeness (QED) is 0.108. The number of hydrogen-bond acceptors (Lipinski definition) is 3. The van der Waals surface area contributed by atoms with Crippen LogP contribution >= 0.6 is 39.6 Å². The summed E-state index contributed by atoms with van der Waals surface area (Å²) in [4.78, 5) is 0. The molecule has 8 heteroatoms. The fourth-order valence-electron chi connectivity index (χ4n) is 15.5. The molecule has 524 valence electrons. The molecule has 2 heterocycles. The van der Waals surface area contributed by atoms with Gasteiger partial charge >= 0.3 is 0 Å². The Labute approximate surface area is 622 Å². The zero-order valence-corrected chi connectivity index (χ0v) is 67.8. The number of benzene rings is 12. The van der Waals surface area contributed by atoms with E-state index < -0.39 is 39.6 Å². The molecule has 0 saturated heterocycles. The van der Waals surface area contributed by atoms with Gasteiger partial charge in [0.25, 0.3) is 0 Å². The summed E-state index contributed by atoms with van der Waals surface area (Å²) in [7, 11) is -3.26. The maximum absolute atomic E-state index is 7.15. The lowest BCUT2D eigenvalue weighted by molar-refractivity contribution is 0.418. The molecule has 0 amide bonds. The lowest BCUT2D eigenvalue weighted by Crippen LogP contribution is -2.37. The summed E-state index contributed by atoms with van der Waals surface area (Å²) < 4.78 is 20.8. The molecule has 0 N–H and O–H groups in total. The average Bonchev–Trinajstić information content (AvgIpc) is 0.730. The summed E-state index contributed by atoms with van der Waals surface area (Å²) in [5, 5.41) is 15.1. The van der Waals surface area contributed by atoms with Gasteiger partial charge in [-0.3, -0.25) is 0 Å². The summed E-state index contributed by atoms with van der Waals surface area (Å²) in [5.74, 6) is 6.10. The number of para-hydroxylation sites is 6. The van der Waals surface area contributed by atoms with Gasteiger partial charge in [0.15, 0.2) is 0 Å². The van der Waals surface area contributed by atoms with Crippen LogP contribution in [-0.2, 0) is 10.8 Å². The molecule has 0 atom stereocenters. The van der Waals surface area contributed by atoms with E-state index in [1.54, 1.807) is 0 Å². The van der Waals surface area contributed by atoms with Crippen LogP contribution in [0.1, 0.15) is 139 Å². The first-order chi connectivity index (χ1) is 49.1. The van der Waals surface area contributed by atoms with Crippen LogP contribution in [0.3, 0.4) is 0 Å². The van der Waals surface area contributed by atoms with Gasteiger partial charge in [0.05, 0.1) is 0 Å². The Balaban J connectivity index is 0.000000147. The molecule has 0 spiro atoms.